The van der Waals surface area contributed by atoms with Crippen LogP contribution in [0.2, 0.25) is 0 Å². The zero-order valence-corrected chi connectivity index (χ0v) is 11.5. The molecule has 0 atom stereocenters. The molecule has 1 saturated heterocycles. The quantitative estimate of drug-likeness (QED) is 0.670. The van der Waals surface area contributed by atoms with Gasteiger partial charge in [-0.2, -0.15) is 0 Å². The number of nitrogens with zero attached hydrogens (tertiary/aromatic N) is 1. The molecule has 0 N–H and O–H groups in total. The first-order chi connectivity index (χ1) is 7.86. The van der Waals surface area contributed by atoms with Gasteiger partial charge in [0.2, 0.25) is 0 Å². The van der Waals surface area contributed by atoms with Crippen molar-refractivity contribution >= 4 is 0 Å². The van der Waals surface area contributed by atoms with Crippen LogP contribution in [0.4, 0.5) is 0 Å². The lowest BCUT2D eigenvalue weighted by Gasteiger charge is -2.24. The van der Waals surface area contributed by atoms with Gasteiger partial charge in [0.05, 0.1) is 0 Å². The molecule has 0 aromatic carbocycles. The lowest BCUT2D eigenvalue weighted by Crippen LogP contribution is -2.29. The van der Waals surface area contributed by atoms with Crippen molar-refractivity contribution in [3.8, 4) is 0 Å². The molecule has 0 aromatic rings. The van der Waals surface area contributed by atoms with Crippen LogP contribution in [0.25, 0.3) is 0 Å². The first kappa shape index (κ1) is 14.0. The zero-order chi connectivity index (χ0) is 11.6. The van der Waals surface area contributed by atoms with Crippen molar-refractivity contribution < 1.29 is 0 Å². The smallest absolute Gasteiger partial charge is 0.00188 e. The Balaban J connectivity index is 0.000000160. The summed E-state index contributed by atoms with van der Waals surface area (Å²) in [4.78, 5) is 2.52. The third-order valence-corrected chi connectivity index (χ3v) is 4.20. The van der Waals surface area contributed by atoms with Crippen molar-refractivity contribution in [3.63, 3.8) is 0 Å². The van der Waals surface area contributed by atoms with E-state index in [0.717, 1.165) is 5.92 Å². The van der Waals surface area contributed by atoms with Crippen LogP contribution in [0.1, 0.15) is 71.6 Å². The van der Waals surface area contributed by atoms with Crippen molar-refractivity contribution in [2.24, 2.45) is 5.92 Å². The van der Waals surface area contributed by atoms with Crippen LogP contribution in [0.5, 0.6) is 0 Å². The predicted octanol–water partition coefficient (Wildman–Crippen LogP) is 4.47. The zero-order valence-electron chi connectivity index (χ0n) is 11.5. The molecule has 1 aliphatic carbocycles. The summed E-state index contributed by atoms with van der Waals surface area (Å²) >= 11 is 0. The van der Waals surface area contributed by atoms with E-state index in [9.17, 15) is 0 Å². The number of hydrogen-bond donors (Lipinski definition) is 0. The molecule has 0 radical (unpaired) electrons. The van der Waals surface area contributed by atoms with Gasteiger partial charge in [0.1, 0.15) is 0 Å². The molecular weight excluding hydrogens is 194 g/mol. The standard InChI is InChI=1S/C8H16.C7H15N/c2*1-2-8-6-4-3-5-7-8/h8H,2-7H2,1H3;2-7H2,1H3. The molecule has 1 heterocycles. The Morgan fingerprint density at radius 1 is 0.812 bits per heavy atom. The van der Waals surface area contributed by atoms with Crippen molar-refractivity contribution in [1.82, 2.24) is 4.90 Å². The SMILES string of the molecule is CCC1CCCCC1.CCN1CCCCC1. The fourth-order valence-corrected chi connectivity index (χ4v) is 2.87. The molecule has 1 nitrogen and oxygen atoms in total. The van der Waals surface area contributed by atoms with Crippen LogP contribution >= 0.6 is 0 Å². The van der Waals surface area contributed by atoms with Gasteiger partial charge in [-0.15, -0.1) is 0 Å². The van der Waals surface area contributed by atoms with Gasteiger partial charge in [0, 0.05) is 0 Å². The molecular formula is C15H31N. The highest BCUT2D eigenvalue weighted by atomic mass is 15.1. The van der Waals surface area contributed by atoms with Gasteiger partial charge in [-0.1, -0.05) is 58.8 Å². The maximum atomic E-state index is 2.52. The van der Waals surface area contributed by atoms with E-state index in [0.29, 0.717) is 0 Å². The number of rotatable bonds is 2. The molecule has 0 unspecified atom stereocenters. The van der Waals surface area contributed by atoms with E-state index in [1.165, 1.54) is 77.4 Å². The Morgan fingerprint density at radius 2 is 1.38 bits per heavy atom. The third kappa shape index (κ3) is 5.89. The van der Waals surface area contributed by atoms with Crippen molar-refractivity contribution in [2.75, 3.05) is 19.6 Å². The molecule has 1 heteroatoms. The molecule has 96 valence electrons. The van der Waals surface area contributed by atoms with Crippen molar-refractivity contribution in [2.45, 2.75) is 71.6 Å². The fraction of sp³-hybridized carbons (Fsp3) is 1.00. The maximum absolute atomic E-state index is 2.52. The van der Waals surface area contributed by atoms with E-state index >= 15 is 0 Å². The molecule has 1 saturated carbocycles. The lowest BCUT2D eigenvalue weighted by molar-refractivity contribution is 0.240. The Kier molecular flexibility index (Phi) is 7.92. The minimum atomic E-state index is 1.09. The first-order valence-corrected chi connectivity index (χ1v) is 7.59. The predicted molar refractivity (Wildman–Crippen MR) is 72.8 cm³/mol. The second kappa shape index (κ2) is 9.04. The van der Waals surface area contributed by atoms with Gasteiger partial charge in [-0.25, -0.2) is 0 Å². The van der Waals surface area contributed by atoms with Crippen molar-refractivity contribution in [3.05, 3.63) is 0 Å². The van der Waals surface area contributed by atoms with E-state index in [1.54, 1.807) is 0 Å². The van der Waals surface area contributed by atoms with Gasteiger partial charge in [0.15, 0.2) is 0 Å². The Bertz CT molecular complexity index is 126. The highest BCUT2D eigenvalue weighted by Crippen LogP contribution is 2.25. The Hall–Kier alpha value is -0.0400. The van der Waals surface area contributed by atoms with E-state index in [-0.39, 0.29) is 0 Å². The third-order valence-electron chi connectivity index (χ3n) is 4.20. The normalized spacial score (nSPS) is 23.6. The first-order valence-electron chi connectivity index (χ1n) is 7.59. The summed E-state index contributed by atoms with van der Waals surface area (Å²) in [6.45, 7) is 8.49. The molecule has 0 bridgehead atoms. The maximum Gasteiger partial charge on any atom is -0.00188 e. The van der Waals surface area contributed by atoms with Crippen LogP contribution in [0.15, 0.2) is 0 Å². The van der Waals surface area contributed by atoms with Gasteiger partial charge >= 0.3 is 0 Å². The highest BCUT2D eigenvalue weighted by Gasteiger charge is 2.09. The minimum Gasteiger partial charge on any atom is -0.304 e. The van der Waals surface area contributed by atoms with Gasteiger partial charge in [-0.05, 0) is 38.4 Å². The van der Waals surface area contributed by atoms with E-state index in [4.69, 9.17) is 0 Å². The molecule has 0 spiro atoms. The van der Waals surface area contributed by atoms with Crippen LogP contribution in [0, 0.1) is 5.92 Å². The summed E-state index contributed by atoms with van der Waals surface area (Å²) < 4.78 is 0. The monoisotopic (exact) mass is 225 g/mol. The molecule has 16 heavy (non-hydrogen) atoms. The average molecular weight is 225 g/mol. The lowest BCUT2D eigenvalue weighted by atomic mass is 9.88. The summed E-state index contributed by atoms with van der Waals surface area (Å²) in [6, 6.07) is 0. The van der Waals surface area contributed by atoms with E-state index in [1.807, 2.05) is 0 Å². The molecule has 0 aromatic heterocycles. The molecule has 2 rings (SSSR count). The second-order valence-corrected chi connectivity index (χ2v) is 5.41. The number of hydrogen-bond acceptors (Lipinski definition) is 1. The van der Waals surface area contributed by atoms with E-state index < -0.39 is 0 Å². The summed E-state index contributed by atoms with van der Waals surface area (Å²) in [5, 5.41) is 0. The molecule has 0 amide bonds. The summed E-state index contributed by atoms with van der Waals surface area (Å²) in [6.07, 6.45) is 13.2. The van der Waals surface area contributed by atoms with Crippen LogP contribution < -0.4 is 0 Å². The van der Waals surface area contributed by atoms with Gasteiger partial charge in [0.25, 0.3) is 0 Å². The summed E-state index contributed by atoms with van der Waals surface area (Å²) in [5.74, 6) is 1.09. The molecule has 1 aliphatic heterocycles. The number of likely N-dealkylation sites (tertiary alicyclic amines) is 1. The summed E-state index contributed by atoms with van der Waals surface area (Å²) in [7, 11) is 0. The highest BCUT2D eigenvalue weighted by molar-refractivity contribution is 4.63. The minimum absolute atomic E-state index is 1.09. The molecule has 2 fully saturated rings. The Morgan fingerprint density at radius 3 is 1.75 bits per heavy atom. The summed E-state index contributed by atoms with van der Waals surface area (Å²) in [5.41, 5.74) is 0. The fourth-order valence-electron chi connectivity index (χ4n) is 2.87. The second-order valence-electron chi connectivity index (χ2n) is 5.41. The largest absolute Gasteiger partial charge is 0.304 e. The number of piperidine rings is 1. The van der Waals surface area contributed by atoms with Crippen LogP contribution in [-0.4, -0.2) is 24.5 Å². The van der Waals surface area contributed by atoms with Gasteiger partial charge < -0.3 is 4.90 Å². The van der Waals surface area contributed by atoms with Crippen LogP contribution in [-0.2, 0) is 0 Å². The van der Waals surface area contributed by atoms with E-state index in [2.05, 4.69) is 18.7 Å². The Labute approximate surface area is 103 Å². The average Bonchev–Trinajstić information content (AvgIpc) is 2.41. The topological polar surface area (TPSA) is 3.24 Å². The van der Waals surface area contributed by atoms with Gasteiger partial charge in [-0.3, -0.25) is 0 Å². The van der Waals surface area contributed by atoms with Crippen LogP contribution in [0.3, 0.4) is 0 Å². The van der Waals surface area contributed by atoms with Crippen molar-refractivity contribution in [1.29, 1.82) is 0 Å². The molecule has 2 aliphatic rings.